The molecule has 6 nitrogen and oxygen atoms in total. The number of nitro benzene ring substituents is 1. The van der Waals surface area contributed by atoms with Crippen LogP contribution in [0, 0.1) is 21.7 Å². The van der Waals surface area contributed by atoms with E-state index >= 15 is 0 Å². The van der Waals surface area contributed by atoms with Crippen molar-refractivity contribution in [2.75, 3.05) is 7.05 Å². The summed E-state index contributed by atoms with van der Waals surface area (Å²) in [4.78, 5) is 23.2. The first-order chi connectivity index (χ1) is 9.90. The van der Waals surface area contributed by atoms with Crippen LogP contribution in [-0.4, -0.2) is 22.8 Å². The lowest BCUT2D eigenvalue weighted by Gasteiger charge is -2.16. The zero-order chi connectivity index (χ0) is 15.6. The standard InChI is InChI=1S/C13H10F2N2O4/c1-16(6-8-2-3-21-7-8)13(18)9-4-10(14)11(15)5-12(9)17(19)20/h2-5,7H,6H2,1H3. The highest BCUT2D eigenvalue weighted by atomic mass is 19.2. The minimum Gasteiger partial charge on any atom is -0.472 e. The predicted molar refractivity (Wildman–Crippen MR) is 67.5 cm³/mol. The van der Waals surface area contributed by atoms with Gasteiger partial charge in [0, 0.05) is 19.2 Å². The molecule has 0 spiro atoms. The van der Waals surface area contributed by atoms with Crippen molar-refractivity contribution in [3.63, 3.8) is 0 Å². The summed E-state index contributed by atoms with van der Waals surface area (Å²) in [6.45, 7) is 0.117. The minimum absolute atomic E-state index is 0.117. The average Bonchev–Trinajstić information content (AvgIpc) is 2.93. The Bertz CT molecular complexity index is 686. The molecule has 1 amide bonds. The number of nitrogens with zero attached hydrogens (tertiary/aromatic N) is 2. The van der Waals surface area contributed by atoms with Crippen molar-refractivity contribution in [1.29, 1.82) is 0 Å². The summed E-state index contributed by atoms with van der Waals surface area (Å²) in [5, 5.41) is 10.9. The van der Waals surface area contributed by atoms with Crippen LogP contribution in [0.3, 0.4) is 0 Å². The van der Waals surface area contributed by atoms with E-state index in [1.165, 1.54) is 19.6 Å². The fourth-order valence-electron chi connectivity index (χ4n) is 1.79. The first-order valence-corrected chi connectivity index (χ1v) is 5.80. The molecule has 1 aromatic carbocycles. The summed E-state index contributed by atoms with van der Waals surface area (Å²) < 4.78 is 31.2. The average molecular weight is 296 g/mol. The third-order valence-electron chi connectivity index (χ3n) is 2.81. The van der Waals surface area contributed by atoms with Crippen molar-refractivity contribution in [1.82, 2.24) is 4.90 Å². The van der Waals surface area contributed by atoms with Crippen LogP contribution >= 0.6 is 0 Å². The van der Waals surface area contributed by atoms with Crippen LogP contribution in [0.15, 0.2) is 35.1 Å². The molecule has 0 radical (unpaired) electrons. The largest absolute Gasteiger partial charge is 0.472 e. The zero-order valence-corrected chi connectivity index (χ0v) is 10.9. The molecule has 0 fully saturated rings. The van der Waals surface area contributed by atoms with E-state index in [0.29, 0.717) is 17.7 Å². The van der Waals surface area contributed by atoms with Gasteiger partial charge in [-0.2, -0.15) is 0 Å². The quantitative estimate of drug-likeness (QED) is 0.642. The van der Waals surface area contributed by atoms with Crippen molar-refractivity contribution in [3.05, 3.63) is 63.6 Å². The van der Waals surface area contributed by atoms with Crippen molar-refractivity contribution in [2.45, 2.75) is 6.54 Å². The Hall–Kier alpha value is -2.77. The Kier molecular flexibility index (Phi) is 3.97. The Morgan fingerprint density at radius 2 is 2.05 bits per heavy atom. The minimum atomic E-state index is -1.38. The molecular weight excluding hydrogens is 286 g/mol. The van der Waals surface area contributed by atoms with Gasteiger partial charge in [0.25, 0.3) is 11.6 Å². The van der Waals surface area contributed by atoms with Gasteiger partial charge in [0.15, 0.2) is 11.6 Å². The molecule has 8 heteroatoms. The van der Waals surface area contributed by atoms with Crippen LogP contribution in [0.4, 0.5) is 14.5 Å². The van der Waals surface area contributed by atoms with Gasteiger partial charge in [-0.15, -0.1) is 0 Å². The Morgan fingerprint density at radius 1 is 1.38 bits per heavy atom. The van der Waals surface area contributed by atoms with Gasteiger partial charge in [0.1, 0.15) is 5.56 Å². The number of benzene rings is 1. The molecule has 0 N–H and O–H groups in total. The van der Waals surface area contributed by atoms with Crippen molar-refractivity contribution in [2.24, 2.45) is 0 Å². The monoisotopic (exact) mass is 296 g/mol. The van der Waals surface area contributed by atoms with Gasteiger partial charge < -0.3 is 9.32 Å². The summed E-state index contributed by atoms with van der Waals surface area (Å²) in [5.74, 6) is -3.49. The van der Waals surface area contributed by atoms with Crippen LogP contribution in [-0.2, 0) is 6.54 Å². The van der Waals surface area contributed by atoms with E-state index < -0.39 is 33.7 Å². The number of hydrogen-bond donors (Lipinski definition) is 0. The smallest absolute Gasteiger partial charge is 0.285 e. The molecule has 0 aliphatic heterocycles. The highest BCUT2D eigenvalue weighted by Crippen LogP contribution is 2.24. The normalized spacial score (nSPS) is 10.4. The molecule has 0 saturated heterocycles. The molecule has 1 aromatic heterocycles. The van der Waals surface area contributed by atoms with Crippen molar-refractivity contribution in [3.8, 4) is 0 Å². The Balaban J connectivity index is 2.33. The Labute approximate surface area is 117 Å². The van der Waals surface area contributed by atoms with Gasteiger partial charge in [-0.1, -0.05) is 0 Å². The number of rotatable bonds is 4. The first kappa shape index (κ1) is 14.6. The Morgan fingerprint density at radius 3 is 2.62 bits per heavy atom. The third-order valence-corrected chi connectivity index (χ3v) is 2.81. The molecular formula is C13H10F2N2O4. The molecule has 0 bridgehead atoms. The van der Waals surface area contributed by atoms with Crippen LogP contribution < -0.4 is 0 Å². The second-order valence-electron chi connectivity index (χ2n) is 4.33. The van der Waals surface area contributed by atoms with Crippen molar-refractivity contribution >= 4 is 11.6 Å². The van der Waals surface area contributed by atoms with E-state index in [1.807, 2.05) is 0 Å². The number of hydrogen-bond acceptors (Lipinski definition) is 4. The van der Waals surface area contributed by atoms with E-state index in [0.717, 1.165) is 4.90 Å². The molecule has 0 unspecified atom stereocenters. The summed E-state index contributed by atoms with van der Waals surface area (Å²) in [6.07, 6.45) is 2.82. The molecule has 110 valence electrons. The molecule has 0 aliphatic carbocycles. The number of amides is 1. The summed E-state index contributed by atoms with van der Waals surface area (Å²) >= 11 is 0. The maximum Gasteiger partial charge on any atom is 0.285 e. The fourth-order valence-corrected chi connectivity index (χ4v) is 1.79. The van der Waals surface area contributed by atoms with Crippen molar-refractivity contribution < 1.29 is 22.9 Å². The fraction of sp³-hybridized carbons (Fsp3) is 0.154. The number of carbonyl (C=O) groups excluding carboxylic acids is 1. The number of carbonyl (C=O) groups is 1. The number of halogens is 2. The highest BCUT2D eigenvalue weighted by molar-refractivity contribution is 5.98. The molecule has 0 atom stereocenters. The van der Waals surface area contributed by atoms with Gasteiger partial charge in [-0.05, 0) is 12.1 Å². The molecule has 0 saturated carbocycles. The SMILES string of the molecule is CN(Cc1ccoc1)C(=O)c1cc(F)c(F)cc1[N+](=O)[O-]. The molecule has 21 heavy (non-hydrogen) atoms. The summed E-state index contributed by atoms with van der Waals surface area (Å²) in [7, 11) is 1.39. The molecule has 1 heterocycles. The van der Waals surface area contributed by atoms with Gasteiger partial charge in [0.05, 0.1) is 23.5 Å². The van der Waals surface area contributed by atoms with Gasteiger partial charge >= 0.3 is 0 Å². The van der Waals surface area contributed by atoms with E-state index in [2.05, 4.69) is 0 Å². The van der Waals surface area contributed by atoms with Crippen LogP contribution in [0.2, 0.25) is 0 Å². The third kappa shape index (κ3) is 3.04. The van der Waals surface area contributed by atoms with Crippen LogP contribution in [0.5, 0.6) is 0 Å². The van der Waals surface area contributed by atoms with E-state index in [9.17, 15) is 23.7 Å². The number of nitro groups is 1. The lowest BCUT2D eigenvalue weighted by atomic mass is 10.1. The van der Waals surface area contributed by atoms with E-state index in [1.54, 1.807) is 6.07 Å². The van der Waals surface area contributed by atoms with Crippen LogP contribution in [0.25, 0.3) is 0 Å². The highest BCUT2D eigenvalue weighted by Gasteiger charge is 2.26. The number of furan rings is 1. The summed E-state index contributed by atoms with van der Waals surface area (Å²) in [5.41, 5.74) is -0.626. The van der Waals surface area contributed by atoms with Gasteiger partial charge in [-0.3, -0.25) is 14.9 Å². The lowest BCUT2D eigenvalue weighted by molar-refractivity contribution is -0.385. The maximum atomic E-state index is 13.2. The van der Waals surface area contributed by atoms with E-state index in [-0.39, 0.29) is 6.54 Å². The topological polar surface area (TPSA) is 76.6 Å². The predicted octanol–water partition coefficient (Wildman–Crippen LogP) is 2.74. The molecule has 2 rings (SSSR count). The second-order valence-corrected chi connectivity index (χ2v) is 4.33. The zero-order valence-electron chi connectivity index (χ0n) is 10.9. The maximum absolute atomic E-state index is 13.2. The second kappa shape index (κ2) is 5.70. The van der Waals surface area contributed by atoms with Gasteiger partial charge in [-0.25, -0.2) is 8.78 Å². The lowest BCUT2D eigenvalue weighted by Crippen LogP contribution is -2.27. The van der Waals surface area contributed by atoms with E-state index in [4.69, 9.17) is 4.42 Å². The first-order valence-electron chi connectivity index (χ1n) is 5.80. The molecule has 0 aliphatic rings. The van der Waals surface area contributed by atoms with Gasteiger partial charge in [0.2, 0.25) is 0 Å². The summed E-state index contributed by atoms with van der Waals surface area (Å²) in [6, 6.07) is 2.54. The molecule has 2 aromatic rings. The van der Waals surface area contributed by atoms with Crippen LogP contribution in [0.1, 0.15) is 15.9 Å².